The van der Waals surface area contributed by atoms with E-state index in [2.05, 4.69) is 36.3 Å². The number of hydrogen-bond acceptors (Lipinski definition) is 7. The van der Waals surface area contributed by atoms with E-state index < -0.39 is 5.82 Å². The minimum atomic E-state index is -0.542. The Bertz CT molecular complexity index is 1190. The number of fused-ring (bicyclic) bond motifs is 1. The number of aromatic nitrogens is 7. The van der Waals surface area contributed by atoms with Gasteiger partial charge in [0.1, 0.15) is 11.5 Å². The average molecular weight is 428 g/mol. The number of ether oxygens (including phenoxy) is 1. The van der Waals surface area contributed by atoms with Gasteiger partial charge >= 0.3 is 0 Å². The molecule has 3 aromatic heterocycles. The predicted octanol–water partition coefficient (Wildman–Crippen LogP) is 2.00. The molecule has 0 spiro atoms. The Morgan fingerprint density at radius 3 is 2.90 bits per heavy atom. The van der Waals surface area contributed by atoms with Crippen molar-refractivity contribution in [3.8, 4) is 17.2 Å². The molecule has 0 bridgehead atoms. The third-order valence-electron chi connectivity index (χ3n) is 4.88. The van der Waals surface area contributed by atoms with Crippen LogP contribution in [-0.4, -0.2) is 72.5 Å². The summed E-state index contributed by atoms with van der Waals surface area (Å²) in [5.74, 6) is -0.148. The minimum absolute atomic E-state index is 0.0377. The maximum Gasteiger partial charge on any atom is 0.187 e. The van der Waals surface area contributed by atoms with Gasteiger partial charge in [0.25, 0.3) is 0 Å². The first-order valence-electron chi connectivity index (χ1n) is 9.47. The lowest BCUT2D eigenvalue weighted by Gasteiger charge is -2.26. The van der Waals surface area contributed by atoms with Crippen LogP contribution in [-0.2, 0) is 11.3 Å². The molecule has 1 aliphatic heterocycles. The molecule has 1 aliphatic rings. The van der Waals surface area contributed by atoms with Crippen molar-refractivity contribution in [3.05, 3.63) is 47.5 Å². The van der Waals surface area contributed by atoms with E-state index in [1.54, 1.807) is 18.5 Å². The highest BCUT2D eigenvalue weighted by Crippen LogP contribution is 2.21. The van der Waals surface area contributed by atoms with Crippen LogP contribution in [0.15, 0.2) is 30.6 Å². The molecule has 1 aromatic carbocycles. The first-order chi connectivity index (χ1) is 14.7. The molecule has 153 valence electrons. The zero-order valence-corrected chi connectivity index (χ0v) is 16.6. The first-order valence-corrected chi connectivity index (χ1v) is 9.85. The fraction of sp³-hybridized carbons (Fsp3) is 0.316. The Balaban J connectivity index is 1.40. The quantitative estimate of drug-likeness (QED) is 0.481. The zero-order chi connectivity index (χ0) is 20.5. The summed E-state index contributed by atoms with van der Waals surface area (Å²) in [7, 11) is 0. The summed E-state index contributed by atoms with van der Waals surface area (Å²) in [6, 6.07) is 7.49. The highest BCUT2D eigenvalue weighted by Gasteiger charge is 2.15. The summed E-state index contributed by atoms with van der Waals surface area (Å²) in [6.07, 6.45) is 3.35. The van der Waals surface area contributed by atoms with Gasteiger partial charge in [-0.05, 0) is 12.1 Å². The second kappa shape index (κ2) is 8.05. The summed E-state index contributed by atoms with van der Waals surface area (Å²) >= 11 is 5.77. The Hall–Kier alpha value is -2.95. The molecule has 0 aliphatic carbocycles. The topological polar surface area (TPSA) is 86.8 Å². The third-order valence-corrected chi connectivity index (χ3v) is 5.19. The minimum Gasteiger partial charge on any atom is -0.379 e. The SMILES string of the molecule is Fc1cc(-n2nnc3cnc(-c4[c]cn(CCN5CCOCC5)n4)nc32)ccc1Cl. The van der Waals surface area contributed by atoms with Crippen LogP contribution in [0.25, 0.3) is 28.4 Å². The van der Waals surface area contributed by atoms with Crippen LogP contribution in [0.4, 0.5) is 4.39 Å². The Morgan fingerprint density at radius 2 is 2.07 bits per heavy atom. The van der Waals surface area contributed by atoms with Crippen LogP contribution in [0.5, 0.6) is 0 Å². The number of benzene rings is 1. The highest BCUT2D eigenvalue weighted by molar-refractivity contribution is 6.30. The van der Waals surface area contributed by atoms with Crippen molar-refractivity contribution >= 4 is 22.8 Å². The summed E-state index contributed by atoms with van der Waals surface area (Å²) < 4.78 is 22.5. The standard InChI is InChI=1S/C19H17ClFN8O/c20-14-2-1-13(11-15(14)21)29-19-17(24-26-29)12-22-18(23-19)16-3-4-28(25-16)6-5-27-7-9-30-10-8-27/h1-2,4,11-12H,5-10H2. The Morgan fingerprint density at radius 1 is 1.20 bits per heavy atom. The summed E-state index contributed by atoms with van der Waals surface area (Å²) in [5, 5.41) is 12.7. The van der Waals surface area contributed by atoms with Crippen LogP contribution < -0.4 is 0 Å². The molecule has 0 amide bonds. The van der Waals surface area contributed by atoms with Crippen molar-refractivity contribution in [1.82, 2.24) is 39.6 Å². The fourth-order valence-corrected chi connectivity index (χ4v) is 3.36. The van der Waals surface area contributed by atoms with Gasteiger partial charge in [-0.25, -0.2) is 14.4 Å². The van der Waals surface area contributed by atoms with Gasteiger partial charge in [0.05, 0.1) is 36.7 Å². The molecule has 11 heteroatoms. The fourth-order valence-electron chi connectivity index (χ4n) is 3.25. The molecule has 5 rings (SSSR count). The third kappa shape index (κ3) is 3.76. The van der Waals surface area contributed by atoms with Gasteiger partial charge in [-0.1, -0.05) is 16.8 Å². The number of halogens is 2. The van der Waals surface area contributed by atoms with Crippen LogP contribution in [0.1, 0.15) is 0 Å². The molecule has 1 radical (unpaired) electrons. The molecule has 30 heavy (non-hydrogen) atoms. The van der Waals surface area contributed by atoms with Crippen LogP contribution in [0, 0.1) is 11.9 Å². The van der Waals surface area contributed by atoms with E-state index in [0.717, 1.165) is 39.4 Å². The molecule has 0 saturated carbocycles. The maximum absolute atomic E-state index is 13.9. The monoisotopic (exact) mass is 427 g/mol. The van der Waals surface area contributed by atoms with Crippen molar-refractivity contribution in [2.45, 2.75) is 6.54 Å². The van der Waals surface area contributed by atoms with Crippen LogP contribution >= 0.6 is 11.6 Å². The van der Waals surface area contributed by atoms with E-state index in [-0.39, 0.29) is 5.02 Å². The lowest BCUT2D eigenvalue weighted by molar-refractivity contribution is 0.0360. The van der Waals surface area contributed by atoms with Crippen molar-refractivity contribution in [3.63, 3.8) is 0 Å². The molecule has 1 fully saturated rings. The first kappa shape index (κ1) is 19.0. The van der Waals surface area contributed by atoms with E-state index in [1.165, 1.54) is 16.8 Å². The van der Waals surface area contributed by atoms with Gasteiger partial charge in [-0.3, -0.25) is 9.58 Å². The largest absolute Gasteiger partial charge is 0.379 e. The lowest BCUT2D eigenvalue weighted by atomic mass is 10.3. The van der Waals surface area contributed by atoms with E-state index in [9.17, 15) is 4.39 Å². The molecule has 0 N–H and O–H groups in total. The predicted molar refractivity (Wildman–Crippen MR) is 107 cm³/mol. The molecule has 4 aromatic rings. The Kier molecular flexibility index (Phi) is 5.11. The molecule has 4 heterocycles. The second-order valence-electron chi connectivity index (χ2n) is 6.84. The summed E-state index contributed by atoms with van der Waals surface area (Å²) in [4.78, 5) is 11.2. The van der Waals surface area contributed by atoms with Crippen LogP contribution in [0.3, 0.4) is 0 Å². The van der Waals surface area contributed by atoms with Gasteiger partial charge in [0, 0.05) is 38.0 Å². The van der Waals surface area contributed by atoms with E-state index in [1.807, 2.05) is 4.68 Å². The number of morpholine rings is 1. The van der Waals surface area contributed by atoms with E-state index in [0.29, 0.717) is 28.4 Å². The molecular formula is C19H17ClFN8O. The van der Waals surface area contributed by atoms with Gasteiger partial charge in [-0.2, -0.15) is 9.78 Å². The average Bonchev–Trinajstić information content (AvgIpc) is 3.42. The molecular weight excluding hydrogens is 411 g/mol. The van der Waals surface area contributed by atoms with Crippen molar-refractivity contribution in [2.24, 2.45) is 0 Å². The van der Waals surface area contributed by atoms with Crippen LogP contribution in [0.2, 0.25) is 5.02 Å². The second-order valence-corrected chi connectivity index (χ2v) is 7.25. The van der Waals surface area contributed by atoms with Crippen molar-refractivity contribution in [1.29, 1.82) is 0 Å². The lowest BCUT2D eigenvalue weighted by Crippen LogP contribution is -2.38. The summed E-state index contributed by atoms with van der Waals surface area (Å²) in [5.41, 5.74) is 1.91. The maximum atomic E-state index is 13.9. The van der Waals surface area contributed by atoms with Gasteiger partial charge in [0.15, 0.2) is 17.0 Å². The molecule has 9 nitrogen and oxygen atoms in total. The number of hydrogen-bond donors (Lipinski definition) is 0. The smallest absolute Gasteiger partial charge is 0.187 e. The number of nitrogens with zero attached hydrogens (tertiary/aromatic N) is 8. The van der Waals surface area contributed by atoms with Gasteiger partial charge in [0.2, 0.25) is 0 Å². The van der Waals surface area contributed by atoms with E-state index >= 15 is 0 Å². The van der Waals surface area contributed by atoms with E-state index in [4.69, 9.17) is 16.3 Å². The van der Waals surface area contributed by atoms with Gasteiger partial charge < -0.3 is 4.74 Å². The molecule has 0 unspecified atom stereocenters. The highest BCUT2D eigenvalue weighted by atomic mass is 35.5. The zero-order valence-electron chi connectivity index (χ0n) is 15.9. The van der Waals surface area contributed by atoms with Gasteiger partial charge in [-0.15, -0.1) is 5.10 Å². The molecule has 1 saturated heterocycles. The molecule has 0 atom stereocenters. The Labute approximate surface area is 176 Å². The normalized spacial score (nSPS) is 15.1. The van der Waals surface area contributed by atoms with Crippen molar-refractivity contribution in [2.75, 3.05) is 32.8 Å². The van der Waals surface area contributed by atoms with Crippen molar-refractivity contribution < 1.29 is 9.13 Å². The summed E-state index contributed by atoms with van der Waals surface area (Å²) in [6.45, 7) is 5.02. The number of rotatable bonds is 5.